The lowest BCUT2D eigenvalue weighted by molar-refractivity contribution is -0.116. The average Bonchev–Trinajstić information content (AvgIpc) is 2.16. The van der Waals surface area contributed by atoms with Crippen LogP contribution in [-0.4, -0.2) is 18.4 Å². The topological polar surface area (TPSA) is 52.3 Å². The minimum Gasteiger partial charge on any atom is -0.491 e. The van der Waals surface area contributed by atoms with Crippen LogP contribution in [0.1, 0.15) is 33.6 Å². The molecule has 0 heterocycles. The summed E-state index contributed by atoms with van der Waals surface area (Å²) in [6.07, 6.45) is 6.91. The molecule has 1 atom stereocenters. The van der Waals surface area contributed by atoms with Crippen molar-refractivity contribution in [2.24, 2.45) is 5.73 Å². The van der Waals surface area contributed by atoms with Gasteiger partial charge in [0, 0.05) is 6.42 Å². The molecule has 3 nitrogen and oxygen atoms in total. The molecule has 1 unspecified atom stereocenters. The lowest BCUT2D eigenvalue weighted by atomic mass is 10.2. The molecular formula is C12H21NO2. The molecule has 3 heteroatoms. The fourth-order valence-electron chi connectivity index (χ4n) is 1.07. The van der Waals surface area contributed by atoms with E-state index < -0.39 is 0 Å². The van der Waals surface area contributed by atoms with Gasteiger partial charge in [0.05, 0.1) is 6.10 Å². The first-order valence-corrected chi connectivity index (χ1v) is 5.29. The number of rotatable bonds is 7. The van der Waals surface area contributed by atoms with Crippen LogP contribution in [0.25, 0.3) is 0 Å². The van der Waals surface area contributed by atoms with Crippen molar-refractivity contribution in [1.82, 2.24) is 0 Å². The predicted molar refractivity (Wildman–Crippen MR) is 62.4 cm³/mol. The van der Waals surface area contributed by atoms with Gasteiger partial charge in [-0.1, -0.05) is 6.08 Å². The normalized spacial score (nSPS) is 14.3. The highest BCUT2D eigenvalue weighted by Gasteiger charge is 2.01. The first-order valence-electron chi connectivity index (χ1n) is 5.29. The van der Waals surface area contributed by atoms with Crippen LogP contribution < -0.4 is 5.73 Å². The molecule has 0 rings (SSSR count). The van der Waals surface area contributed by atoms with E-state index in [1.807, 2.05) is 32.1 Å². The minimum absolute atomic E-state index is 0.114. The SMILES string of the molecule is C/C=C(\C=C/CC(C)=O)OC(C)CCN. The summed E-state index contributed by atoms with van der Waals surface area (Å²) in [4.78, 5) is 10.7. The zero-order valence-electron chi connectivity index (χ0n) is 9.82. The van der Waals surface area contributed by atoms with Crippen LogP contribution in [0.5, 0.6) is 0 Å². The van der Waals surface area contributed by atoms with Crippen molar-refractivity contribution in [3.05, 3.63) is 24.0 Å². The van der Waals surface area contributed by atoms with E-state index in [1.54, 1.807) is 6.92 Å². The Labute approximate surface area is 92.0 Å². The third-order valence-corrected chi connectivity index (χ3v) is 1.88. The van der Waals surface area contributed by atoms with E-state index in [4.69, 9.17) is 10.5 Å². The fraction of sp³-hybridized carbons (Fsp3) is 0.583. The number of carbonyl (C=O) groups is 1. The number of hydrogen-bond acceptors (Lipinski definition) is 3. The summed E-state index contributed by atoms with van der Waals surface area (Å²) in [5.41, 5.74) is 5.42. The molecule has 15 heavy (non-hydrogen) atoms. The molecule has 2 N–H and O–H groups in total. The Bertz CT molecular complexity index is 244. The van der Waals surface area contributed by atoms with Crippen LogP contribution in [0.2, 0.25) is 0 Å². The zero-order chi connectivity index (χ0) is 11.7. The average molecular weight is 211 g/mol. The molecule has 0 fully saturated rings. The summed E-state index contributed by atoms with van der Waals surface area (Å²) >= 11 is 0. The van der Waals surface area contributed by atoms with Crippen molar-refractivity contribution in [3.63, 3.8) is 0 Å². The highest BCUT2D eigenvalue weighted by atomic mass is 16.5. The fourth-order valence-corrected chi connectivity index (χ4v) is 1.07. The Hall–Kier alpha value is -1.09. The first-order chi connectivity index (χ1) is 7.10. The van der Waals surface area contributed by atoms with Crippen molar-refractivity contribution >= 4 is 5.78 Å². The second kappa shape index (κ2) is 8.24. The molecule has 0 saturated heterocycles. The second-order valence-corrected chi connectivity index (χ2v) is 3.51. The van der Waals surface area contributed by atoms with Gasteiger partial charge < -0.3 is 10.5 Å². The largest absolute Gasteiger partial charge is 0.491 e. The van der Waals surface area contributed by atoms with Crippen LogP contribution in [0, 0.1) is 0 Å². The third-order valence-electron chi connectivity index (χ3n) is 1.88. The van der Waals surface area contributed by atoms with Gasteiger partial charge in [-0.15, -0.1) is 0 Å². The van der Waals surface area contributed by atoms with E-state index in [2.05, 4.69) is 0 Å². The first kappa shape index (κ1) is 13.9. The van der Waals surface area contributed by atoms with Gasteiger partial charge in [0.15, 0.2) is 0 Å². The van der Waals surface area contributed by atoms with Crippen LogP contribution >= 0.6 is 0 Å². The molecule has 86 valence electrons. The summed E-state index contributed by atoms with van der Waals surface area (Å²) in [6.45, 7) is 6.07. The van der Waals surface area contributed by atoms with E-state index in [0.717, 1.165) is 12.2 Å². The molecule has 0 radical (unpaired) electrons. The van der Waals surface area contributed by atoms with E-state index in [0.29, 0.717) is 13.0 Å². The van der Waals surface area contributed by atoms with Crippen LogP contribution in [0.4, 0.5) is 0 Å². The zero-order valence-corrected chi connectivity index (χ0v) is 9.82. The quantitative estimate of drug-likeness (QED) is 0.518. The van der Waals surface area contributed by atoms with Crippen molar-refractivity contribution in [2.45, 2.75) is 39.7 Å². The smallest absolute Gasteiger partial charge is 0.133 e. The Balaban J connectivity index is 4.04. The lowest BCUT2D eigenvalue weighted by Gasteiger charge is -2.14. The lowest BCUT2D eigenvalue weighted by Crippen LogP contribution is -2.13. The summed E-state index contributed by atoms with van der Waals surface area (Å²) < 4.78 is 5.60. The summed E-state index contributed by atoms with van der Waals surface area (Å²) in [5.74, 6) is 0.939. The molecule has 0 spiro atoms. The highest BCUT2D eigenvalue weighted by molar-refractivity contribution is 5.77. The number of allylic oxidation sites excluding steroid dienone is 3. The van der Waals surface area contributed by atoms with Gasteiger partial charge in [-0.3, -0.25) is 4.79 Å². The second-order valence-electron chi connectivity index (χ2n) is 3.51. The van der Waals surface area contributed by atoms with Crippen LogP contribution in [-0.2, 0) is 9.53 Å². The Morgan fingerprint density at radius 1 is 1.53 bits per heavy atom. The molecule has 0 aromatic carbocycles. The van der Waals surface area contributed by atoms with Gasteiger partial charge in [-0.2, -0.15) is 0 Å². The monoisotopic (exact) mass is 211 g/mol. The van der Waals surface area contributed by atoms with Gasteiger partial charge in [0.25, 0.3) is 0 Å². The molecule has 0 amide bonds. The van der Waals surface area contributed by atoms with Crippen LogP contribution in [0.15, 0.2) is 24.0 Å². The maximum atomic E-state index is 10.7. The maximum Gasteiger partial charge on any atom is 0.133 e. The van der Waals surface area contributed by atoms with Gasteiger partial charge in [-0.05, 0) is 45.9 Å². The number of Topliss-reactive ketones (excluding diaryl/α,β-unsaturated/α-hetero) is 1. The molecule has 0 saturated carbocycles. The summed E-state index contributed by atoms with van der Waals surface area (Å²) in [5, 5.41) is 0. The van der Waals surface area contributed by atoms with Crippen molar-refractivity contribution < 1.29 is 9.53 Å². The van der Waals surface area contributed by atoms with E-state index in [-0.39, 0.29) is 11.9 Å². The summed E-state index contributed by atoms with van der Waals surface area (Å²) in [7, 11) is 0. The molecule has 0 aliphatic carbocycles. The molecule has 0 aliphatic rings. The number of ketones is 1. The van der Waals surface area contributed by atoms with Gasteiger partial charge >= 0.3 is 0 Å². The Kier molecular flexibility index (Phi) is 7.64. The number of ether oxygens (including phenoxy) is 1. The van der Waals surface area contributed by atoms with E-state index in [1.165, 1.54) is 0 Å². The minimum atomic E-state index is 0.114. The van der Waals surface area contributed by atoms with Crippen molar-refractivity contribution in [2.75, 3.05) is 6.54 Å². The van der Waals surface area contributed by atoms with E-state index in [9.17, 15) is 4.79 Å². The molecular weight excluding hydrogens is 190 g/mol. The molecule has 0 aromatic rings. The molecule has 0 bridgehead atoms. The molecule has 0 aromatic heterocycles. The Morgan fingerprint density at radius 2 is 2.20 bits per heavy atom. The van der Waals surface area contributed by atoms with Gasteiger partial charge in [0.1, 0.15) is 11.5 Å². The van der Waals surface area contributed by atoms with Crippen molar-refractivity contribution in [3.8, 4) is 0 Å². The highest BCUT2D eigenvalue weighted by Crippen LogP contribution is 2.07. The number of carbonyl (C=O) groups excluding carboxylic acids is 1. The van der Waals surface area contributed by atoms with Crippen LogP contribution in [0.3, 0.4) is 0 Å². The van der Waals surface area contributed by atoms with Gasteiger partial charge in [0.2, 0.25) is 0 Å². The Morgan fingerprint density at radius 3 is 2.67 bits per heavy atom. The maximum absolute atomic E-state index is 10.7. The standard InChI is InChI=1S/C12H21NO2/c1-4-12(7-5-6-10(2)14)15-11(3)8-9-13/h4-5,7,11H,6,8-9,13H2,1-3H3/b7-5-,12-4+. The summed E-state index contributed by atoms with van der Waals surface area (Å²) in [6, 6.07) is 0. The predicted octanol–water partition coefficient (Wildman–Crippen LogP) is 2.18. The van der Waals surface area contributed by atoms with E-state index >= 15 is 0 Å². The van der Waals surface area contributed by atoms with Gasteiger partial charge in [-0.25, -0.2) is 0 Å². The number of nitrogens with two attached hydrogens (primary N) is 1. The number of hydrogen-bond donors (Lipinski definition) is 1. The third kappa shape index (κ3) is 7.94. The molecule has 0 aliphatic heterocycles. The van der Waals surface area contributed by atoms with Crippen molar-refractivity contribution in [1.29, 1.82) is 0 Å².